The molecule has 1 unspecified atom stereocenters. The summed E-state index contributed by atoms with van der Waals surface area (Å²) in [5, 5.41) is 9.94. The lowest BCUT2D eigenvalue weighted by Crippen LogP contribution is -2.22. The van der Waals surface area contributed by atoms with Crippen LogP contribution in [0.3, 0.4) is 0 Å². The summed E-state index contributed by atoms with van der Waals surface area (Å²) in [6, 6.07) is 5.89. The minimum atomic E-state index is -0.530. The van der Waals surface area contributed by atoms with Crippen LogP contribution in [0.15, 0.2) is 18.2 Å². The Balaban J connectivity index is 2.99. The molecule has 0 saturated carbocycles. The molecule has 0 amide bonds. The minimum Gasteiger partial charge on any atom is -0.496 e. The summed E-state index contributed by atoms with van der Waals surface area (Å²) >= 11 is 0. The highest BCUT2D eigenvalue weighted by Gasteiger charge is 2.16. The van der Waals surface area contributed by atoms with Gasteiger partial charge in [0, 0.05) is 24.8 Å². The average Bonchev–Trinajstić information content (AvgIpc) is 2.34. The Morgan fingerprint density at radius 1 is 1.28 bits per heavy atom. The summed E-state index contributed by atoms with van der Waals surface area (Å²) in [4.78, 5) is 2.19. The molecule has 0 aromatic heterocycles. The molecule has 3 heteroatoms. The summed E-state index contributed by atoms with van der Waals surface area (Å²) in [5.41, 5.74) is 1.91. The third-order valence-corrected chi connectivity index (χ3v) is 3.13. The van der Waals surface area contributed by atoms with Crippen molar-refractivity contribution in [2.24, 2.45) is 5.92 Å². The molecule has 1 aromatic carbocycles. The zero-order chi connectivity index (χ0) is 13.7. The molecule has 0 saturated heterocycles. The summed E-state index contributed by atoms with van der Waals surface area (Å²) in [6.45, 7) is 7.19. The predicted octanol–water partition coefficient (Wildman–Crippen LogP) is 3.23. The molecular formula is C15H25NO2. The van der Waals surface area contributed by atoms with Crippen LogP contribution in [0.1, 0.15) is 38.9 Å². The first-order valence-electron chi connectivity index (χ1n) is 6.53. The van der Waals surface area contributed by atoms with Crippen molar-refractivity contribution in [3.05, 3.63) is 23.8 Å². The second-order valence-electron chi connectivity index (χ2n) is 5.17. The Morgan fingerprint density at radius 3 is 2.44 bits per heavy atom. The Hall–Kier alpha value is -1.22. The van der Waals surface area contributed by atoms with E-state index in [1.54, 1.807) is 14.0 Å². The van der Waals surface area contributed by atoms with Gasteiger partial charge in [-0.15, -0.1) is 0 Å². The summed E-state index contributed by atoms with van der Waals surface area (Å²) in [7, 11) is 3.70. The predicted molar refractivity (Wildman–Crippen MR) is 76.4 cm³/mol. The van der Waals surface area contributed by atoms with E-state index < -0.39 is 6.10 Å². The first-order valence-corrected chi connectivity index (χ1v) is 6.53. The third kappa shape index (κ3) is 3.64. The van der Waals surface area contributed by atoms with Gasteiger partial charge in [-0.1, -0.05) is 19.9 Å². The van der Waals surface area contributed by atoms with Crippen molar-refractivity contribution in [1.82, 2.24) is 0 Å². The first-order chi connectivity index (χ1) is 8.47. The van der Waals surface area contributed by atoms with Gasteiger partial charge >= 0.3 is 0 Å². The molecular weight excluding hydrogens is 226 g/mol. The second-order valence-corrected chi connectivity index (χ2v) is 5.17. The number of aliphatic hydroxyl groups excluding tert-OH is 1. The highest BCUT2D eigenvalue weighted by atomic mass is 16.5. The maximum atomic E-state index is 9.94. The lowest BCUT2D eigenvalue weighted by Gasteiger charge is -2.25. The molecule has 0 radical (unpaired) electrons. The van der Waals surface area contributed by atoms with Crippen LogP contribution in [0.5, 0.6) is 5.75 Å². The maximum absolute atomic E-state index is 9.94. The largest absolute Gasteiger partial charge is 0.496 e. The van der Waals surface area contributed by atoms with Gasteiger partial charge in [0.25, 0.3) is 0 Å². The number of anilines is 1. The molecule has 0 fully saturated rings. The standard InChI is InChI=1S/C15H25NO2/c1-11(2)9-10-16(4)13-7-6-8-14(18-5)15(13)12(3)17/h6-8,11-12,17H,9-10H2,1-5H3. The third-order valence-electron chi connectivity index (χ3n) is 3.13. The number of benzene rings is 1. The minimum absolute atomic E-state index is 0.530. The lowest BCUT2D eigenvalue weighted by molar-refractivity contribution is 0.194. The molecule has 0 bridgehead atoms. The van der Waals surface area contributed by atoms with E-state index in [-0.39, 0.29) is 0 Å². The Morgan fingerprint density at radius 2 is 1.94 bits per heavy atom. The molecule has 0 spiro atoms. The fraction of sp³-hybridized carbons (Fsp3) is 0.600. The fourth-order valence-electron chi connectivity index (χ4n) is 2.04. The van der Waals surface area contributed by atoms with E-state index in [0.29, 0.717) is 5.92 Å². The van der Waals surface area contributed by atoms with Crippen LogP contribution in [-0.2, 0) is 0 Å². The normalized spacial score (nSPS) is 12.6. The quantitative estimate of drug-likeness (QED) is 0.842. The highest BCUT2D eigenvalue weighted by Crippen LogP contribution is 2.34. The van der Waals surface area contributed by atoms with Gasteiger partial charge in [0.2, 0.25) is 0 Å². The van der Waals surface area contributed by atoms with Crippen molar-refractivity contribution in [1.29, 1.82) is 0 Å². The van der Waals surface area contributed by atoms with Gasteiger partial charge in [-0.05, 0) is 31.4 Å². The summed E-state index contributed by atoms with van der Waals surface area (Å²) in [5.74, 6) is 1.42. The van der Waals surface area contributed by atoms with Gasteiger partial charge in [0.1, 0.15) is 5.75 Å². The van der Waals surface area contributed by atoms with Gasteiger partial charge < -0.3 is 14.7 Å². The molecule has 1 N–H and O–H groups in total. The van der Waals surface area contributed by atoms with Crippen molar-refractivity contribution >= 4 is 5.69 Å². The van der Waals surface area contributed by atoms with Crippen LogP contribution in [-0.4, -0.2) is 25.8 Å². The van der Waals surface area contributed by atoms with Crippen molar-refractivity contribution in [2.75, 3.05) is 25.6 Å². The molecule has 1 atom stereocenters. The molecule has 1 rings (SSSR count). The summed E-state index contributed by atoms with van der Waals surface area (Å²) < 4.78 is 5.34. The van der Waals surface area contributed by atoms with Crippen molar-refractivity contribution in [3.63, 3.8) is 0 Å². The van der Waals surface area contributed by atoms with E-state index in [2.05, 4.69) is 25.8 Å². The Kier molecular flexibility index (Phi) is 5.48. The molecule has 3 nitrogen and oxygen atoms in total. The number of ether oxygens (including phenoxy) is 1. The van der Waals surface area contributed by atoms with E-state index in [4.69, 9.17) is 4.74 Å². The van der Waals surface area contributed by atoms with Gasteiger partial charge in [-0.25, -0.2) is 0 Å². The van der Waals surface area contributed by atoms with E-state index in [1.165, 1.54) is 0 Å². The molecule has 18 heavy (non-hydrogen) atoms. The molecule has 0 aliphatic rings. The molecule has 0 heterocycles. The van der Waals surface area contributed by atoms with E-state index >= 15 is 0 Å². The fourth-order valence-corrected chi connectivity index (χ4v) is 2.04. The molecule has 0 aliphatic heterocycles. The zero-order valence-electron chi connectivity index (χ0n) is 12.1. The molecule has 0 aliphatic carbocycles. The average molecular weight is 251 g/mol. The van der Waals surface area contributed by atoms with Crippen LogP contribution >= 0.6 is 0 Å². The molecule has 102 valence electrons. The van der Waals surface area contributed by atoms with Crippen LogP contribution in [0.25, 0.3) is 0 Å². The lowest BCUT2D eigenvalue weighted by atomic mass is 10.0. The van der Waals surface area contributed by atoms with Crippen molar-refractivity contribution in [2.45, 2.75) is 33.3 Å². The van der Waals surface area contributed by atoms with Crippen LogP contribution in [0, 0.1) is 5.92 Å². The number of hydrogen-bond acceptors (Lipinski definition) is 3. The van der Waals surface area contributed by atoms with Gasteiger partial charge in [0.15, 0.2) is 0 Å². The number of hydrogen-bond donors (Lipinski definition) is 1. The van der Waals surface area contributed by atoms with Gasteiger partial charge in [0.05, 0.1) is 13.2 Å². The molecule has 1 aromatic rings. The van der Waals surface area contributed by atoms with Crippen LogP contribution < -0.4 is 9.64 Å². The number of nitrogens with zero attached hydrogens (tertiary/aromatic N) is 1. The zero-order valence-corrected chi connectivity index (χ0v) is 12.1. The van der Waals surface area contributed by atoms with Gasteiger partial charge in [-0.2, -0.15) is 0 Å². The van der Waals surface area contributed by atoms with Crippen molar-refractivity contribution in [3.8, 4) is 5.75 Å². The number of aliphatic hydroxyl groups is 1. The monoisotopic (exact) mass is 251 g/mol. The van der Waals surface area contributed by atoms with Crippen molar-refractivity contribution < 1.29 is 9.84 Å². The van der Waals surface area contributed by atoms with E-state index in [9.17, 15) is 5.11 Å². The van der Waals surface area contributed by atoms with E-state index in [1.807, 2.05) is 18.2 Å². The Bertz CT molecular complexity index is 375. The maximum Gasteiger partial charge on any atom is 0.126 e. The SMILES string of the molecule is COc1cccc(N(C)CCC(C)C)c1C(C)O. The smallest absolute Gasteiger partial charge is 0.126 e. The van der Waals surface area contributed by atoms with E-state index in [0.717, 1.165) is 30.0 Å². The second kappa shape index (κ2) is 6.64. The Labute approximate surface area is 110 Å². The number of rotatable bonds is 6. The van der Waals surface area contributed by atoms with Crippen LogP contribution in [0.4, 0.5) is 5.69 Å². The highest BCUT2D eigenvalue weighted by molar-refractivity contribution is 5.60. The first kappa shape index (κ1) is 14.8. The van der Waals surface area contributed by atoms with Crippen LogP contribution in [0.2, 0.25) is 0 Å². The number of methoxy groups -OCH3 is 1. The van der Waals surface area contributed by atoms with Gasteiger partial charge in [-0.3, -0.25) is 0 Å². The topological polar surface area (TPSA) is 32.7 Å². The summed E-state index contributed by atoms with van der Waals surface area (Å²) in [6.07, 6.45) is 0.602.